The summed E-state index contributed by atoms with van der Waals surface area (Å²) in [5.41, 5.74) is 9.07. The molecule has 6 heteroatoms. The number of nitriles is 1. The quantitative estimate of drug-likeness (QED) is 0.502. The summed E-state index contributed by atoms with van der Waals surface area (Å²) in [4.78, 5) is 15.1. The Hall–Kier alpha value is -3.46. The van der Waals surface area contributed by atoms with Crippen LogP contribution in [0.25, 0.3) is 32.7 Å². The number of carbonyl (C=O) groups excluding carboxylic acids is 1. The number of phenols is 1. The molecule has 0 saturated carbocycles. The molecule has 4 aromatic rings. The van der Waals surface area contributed by atoms with Crippen molar-refractivity contribution in [1.82, 2.24) is 9.55 Å². The van der Waals surface area contributed by atoms with E-state index in [1.165, 1.54) is 0 Å². The largest absolute Gasteiger partial charge is 0.506 e. The minimum absolute atomic E-state index is 0.0819. The van der Waals surface area contributed by atoms with E-state index in [1.54, 1.807) is 18.2 Å². The number of amides is 1. The number of primary amides is 1. The van der Waals surface area contributed by atoms with Crippen molar-refractivity contribution in [3.8, 4) is 11.8 Å². The van der Waals surface area contributed by atoms with E-state index in [0.717, 1.165) is 27.4 Å². The van der Waals surface area contributed by atoms with Gasteiger partial charge in [-0.2, -0.15) is 5.26 Å². The van der Waals surface area contributed by atoms with Crippen LogP contribution in [0.5, 0.6) is 5.75 Å². The van der Waals surface area contributed by atoms with Crippen LogP contribution >= 0.6 is 0 Å². The number of nitrogens with two attached hydrogens (primary N) is 1. The van der Waals surface area contributed by atoms with Gasteiger partial charge in [0.1, 0.15) is 11.8 Å². The molecule has 0 aliphatic carbocycles. The van der Waals surface area contributed by atoms with Crippen molar-refractivity contribution < 1.29 is 9.90 Å². The predicted molar refractivity (Wildman–Crippen MR) is 91.9 cm³/mol. The third-order valence-electron chi connectivity index (χ3n) is 4.72. The third-order valence-corrected chi connectivity index (χ3v) is 4.72. The van der Waals surface area contributed by atoms with E-state index in [1.807, 2.05) is 24.6 Å². The molecule has 6 nitrogen and oxygen atoms in total. The first-order valence-electron chi connectivity index (χ1n) is 7.41. The Morgan fingerprint density at radius 2 is 2.08 bits per heavy atom. The molecular formula is C18H14N4O2. The molecule has 2 aromatic heterocycles. The minimum Gasteiger partial charge on any atom is -0.506 e. The molecule has 0 unspecified atom stereocenters. The molecule has 0 radical (unpaired) electrons. The molecule has 2 heterocycles. The maximum absolute atomic E-state index is 12.0. The number of nitrogens with zero attached hydrogens (tertiary/aromatic N) is 2. The van der Waals surface area contributed by atoms with E-state index in [4.69, 9.17) is 5.73 Å². The van der Waals surface area contributed by atoms with Gasteiger partial charge in [-0.05, 0) is 19.1 Å². The number of hydrogen-bond donors (Lipinski definition) is 3. The number of aromatic nitrogens is 2. The first-order chi connectivity index (χ1) is 11.5. The van der Waals surface area contributed by atoms with Gasteiger partial charge in [-0.25, -0.2) is 0 Å². The number of nitrogens with one attached hydrogen (secondary N) is 1. The van der Waals surface area contributed by atoms with Crippen molar-refractivity contribution in [2.75, 3.05) is 0 Å². The first-order valence-corrected chi connectivity index (χ1v) is 7.41. The average Bonchev–Trinajstić information content (AvgIpc) is 3.05. The fourth-order valence-electron chi connectivity index (χ4n) is 3.45. The number of H-pyrrole nitrogens is 1. The molecule has 0 aliphatic rings. The number of aromatic amines is 1. The first kappa shape index (κ1) is 14.2. The molecule has 0 spiro atoms. The van der Waals surface area contributed by atoms with Gasteiger partial charge in [0.15, 0.2) is 0 Å². The Morgan fingerprint density at radius 1 is 1.33 bits per heavy atom. The Morgan fingerprint density at radius 3 is 2.75 bits per heavy atom. The second-order valence-corrected chi connectivity index (χ2v) is 5.89. The van der Waals surface area contributed by atoms with Crippen LogP contribution in [-0.2, 0) is 7.05 Å². The Bertz CT molecular complexity index is 1220. The van der Waals surface area contributed by atoms with Gasteiger partial charge in [0.05, 0.1) is 27.7 Å². The van der Waals surface area contributed by atoms with Gasteiger partial charge in [-0.15, -0.1) is 0 Å². The van der Waals surface area contributed by atoms with Crippen LogP contribution in [0, 0.1) is 18.3 Å². The van der Waals surface area contributed by atoms with Crippen LogP contribution in [0.4, 0.5) is 0 Å². The van der Waals surface area contributed by atoms with Crippen LogP contribution in [0.15, 0.2) is 24.3 Å². The molecule has 0 fully saturated rings. The summed E-state index contributed by atoms with van der Waals surface area (Å²) in [5, 5.41) is 22.0. The SMILES string of the molecule is Cc1c(C#N)c2c3c([nH]c4c(O)cccc43)c(C(N)=O)cc2n1C. The molecular weight excluding hydrogens is 304 g/mol. The Labute approximate surface area is 136 Å². The van der Waals surface area contributed by atoms with Gasteiger partial charge >= 0.3 is 0 Å². The lowest BCUT2D eigenvalue weighted by molar-refractivity contribution is 0.100. The van der Waals surface area contributed by atoms with Gasteiger partial charge in [-0.1, -0.05) is 12.1 Å². The van der Waals surface area contributed by atoms with Crippen LogP contribution in [-0.4, -0.2) is 20.6 Å². The number of aryl methyl sites for hydroxylation is 1. The van der Waals surface area contributed by atoms with Crippen LogP contribution in [0.3, 0.4) is 0 Å². The van der Waals surface area contributed by atoms with E-state index in [-0.39, 0.29) is 5.75 Å². The fraction of sp³-hybridized carbons (Fsp3) is 0.111. The summed E-state index contributed by atoms with van der Waals surface area (Å²) in [7, 11) is 1.85. The number of phenolic OH excluding ortho intramolecular Hbond substituents is 1. The summed E-state index contributed by atoms with van der Waals surface area (Å²) >= 11 is 0. The van der Waals surface area contributed by atoms with E-state index in [0.29, 0.717) is 22.2 Å². The highest BCUT2D eigenvalue weighted by Gasteiger charge is 2.22. The van der Waals surface area contributed by atoms with Gasteiger partial charge in [0.2, 0.25) is 0 Å². The van der Waals surface area contributed by atoms with Crippen LogP contribution in [0.1, 0.15) is 21.6 Å². The molecule has 1 amide bonds. The summed E-state index contributed by atoms with van der Waals surface area (Å²) in [6.07, 6.45) is 0. The Balaban J connectivity index is 2.44. The fourth-order valence-corrected chi connectivity index (χ4v) is 3.45. The Kier molecular flexibility index (Phi) is 2.67. The molecule has 0 atom stereocenters. The number of rotatable bonds is 1. The van der Waals surface area contributed by atoms with Crippen molar-refractivity contribution >= 4 is 38.6 Å². The lowest BCUT2D eigenvalue weighted by Crippen LogP contribution is -2.11. The third kappa shape index (κ3) is 1.56. The molecule has 0 bridgehead atoms. The maximum Gasteiger partial charge on any atom is 0.250 e. The van der Waals surface area contributed by atoms with Gasteiger partial charge in [-0.3, -0.25) is 4.79 Å². The standard InChI is InChI=1S/C18H14N4O2/c1-8-11(7-19)14-12(22(8)2)6-10(18(20)24)17-15(14)9-4-3-5-13(23)16(9)21-17/h3-6,21,23H,1-2H3,(H2,20,24). The van der Waals surface area contributed by atoms with Crippen molar-refractivity contribution in [2.45, 2.75) is 6.92 Å². The maximum atomic E-state index is 12.0. The summed E-state index contributed by atoms with van der Waals surface area (Å²) in [5.74, 6) is -0.483. The van der Waals surface area contributed by atoms with Crippen LogP contribution in [0.2, 0.25) is 0 Å². The molecule has 4 rings (SSSR count). The monoisotopic (exact) mass is 318 g/mol. The number of carbonyl (C=O) groups is 1. The lowest BCUT2D eigenvalue weighted by atomic mass is 10.0. The van der Waals surface area contributed by atoms with Crippen molar-refractivity contribution in [1.29, 1.82) is 5.26 Å². The van der Waals surface area contributed by atoms with E-state index < -0.39 is 5.91 Å². The molecule has 4 N–H and O–H groups in total. The zero-order valence-electron chi connectivity index (χ0n) is 13.1. The second kappa shape index (κ2) is 4.52. The number of benzene rings is 2. The summed E-state index contributed by atoms with van der Waals surface area (Å²) < 4.78 is 1.88. The van der Waals surface area contributed by atoms with Crippen molar-refractivity contribution in [3.05, 3.63) is 41.1 Å². The predicted octanol–water partition coefficient (Wildman–Crippen LogP) is 2.80. The van der Waals surface area contributed by atoms with Gasteiger partial charge in [0.25, 0.3) is 5.91 Å². The normalized spacial score (nSPS) is 11.4. The highest BCUT2D eigenvalue weighted by molar-refractivity contribution is 6.26. The summed E-state index contributed by atoms with van der Waals surface area (Å²) in [6.45, 7) is 1.86. The minimum atomic E-state index is -0.565. The molecule has 0 aliphatic heterocycles. The van der Waals surface area contributed by atoms with Gasteiger partial charge in [0, 0.05) is 28.9 Å². The number of aromatic hydroxyl groups is 1. The molecule has 24 heavy (non-hydrogen) atoms. The lowest BCUT2D eigenvalue weighted by Gasteiger charge is -2.04. The smallest absolute Gasteiger partial charge is 0.250 e. The number of fused-ring (bicyclic) bond motifs is 5. The topological polar surface area (TPSA) is 108 Å². The van der Waals surface area contributed by atoms with Crippen LogP contribution < -0.4 is 5.73 Å². The van der Waals surface area contributed by atoms with Crippen molar-refractivity contribution in [3.63, 3.8) is 0 Å². The van der Waals surface area contributed by atoms with Gasteiger partial charge < -0.3 is 20.4 Å². The zero-order valence-corrected chi connectivity index (χ0v) is 13.1. The highest BCUT2D eigenvalue weighted by Crippen LogP contribution is 2.40. The molecule has 2 aromatic carbocycles. The van der Waals surface area contributed by atoms with E-state index in [2.05, 4.69) is 11.1 Å². The van der Waals surface area contributed by atoms with Crippen molar-refractivity contribution in [2.24, 2.45) is 12.8 Å². The molecule has 0 saturated heterocycles. The number of hydrogen-bond acceptors (Lipinski definition) is 3. The number of para-hydroxylation sites is 1. The molecule has 118 valence electrons. The zero-order chi connectivity index (χ0) is 17.2. The summed E-state index contributed by atoms with van der Waals surface area (Å²) in [6, 6.07) is 9.10. The average molecular weight is 318 g/mol. The highest BCUT2D eigenvalue weighted by atomic mass is 16.3. The van der Waals surface area contributed by atoms with E-state index >= 15 is 0 Å². The second-order valence-electron chi connectivity index (χ2n) is 5.89. The van der Waals surface area contributed by atoms with E-state index in [9.17, 15) is 15.2 Å².